The largest absolute Gasteiger partial charge is 0.477 e. The lowest BCUT2D eigenvalue weighted by atomic mass is 10.0. The number of carbonyl (C=O) groups is 3. The van der Waals surface area contributed by atoms with Crippen molar-refractivity contribution >= 4 is 17.9 Å². The molecule has 0 heterocycles. The number of aliphatic carboxylic acids is 1. The number of ether oxygens (including phenoxy) is 4. The minimum atomic E-state index is -1.52. The van der Waals surface area contributed by atoms with Gasteiger partial charge in [-0.15, -0.1) is 0 Å². The fourth-order valence-electron chi connectivity index (χ4n) is 10.8. The maximum Gasteiger partial charge on any atom is 0.361 e. The first-order chi connectivity index (χ1) is 47.6. The molecular formula is C88H148NO8+. The van der Waals surface area contributed by atoms with E-state index in [1.54, 1.807) is 0 Å². The summed E-state index contributed by atoms with van der Waals surface area (Å²) in [5.41, 5.74) is 0. The smallest absolute Gasteiger partial charge is 0.361 e. The molecule has 0 amide bonds. The molecule has 552 valence electrons. The van der Waals surface area contributed by atoms with E-state index in [-0.39, 0.29) is 32.2 Å². The van der Waals surface area contributed by atoms with Crippen LogP contribution in [0.1, 0.15) is 322 Å². The maximum absolute atomic E-state index is 13.0. The molecule has 0 aromatic heterocycles. The van der Waals surface area contributed by atoms with Gasteiger partial charge in [0.25, 0.3) is 6.29 Å². The summed E-state index contributed by atoms with van der Waals surface area (Å²) in [6.45, 7) is 4.66. The molecule has 2 atom stereocenters. The predicted molar refractivity (Wildman–Crippen MR) is 419 cm³/mol. The van der Waals surface area contributed by atoms with Gasteiger partial charge in [-0.2, -0.15) is 0 Å². The van der Waals surface area contributed by atoms with Crippen LogP contribution in [0.25, 0.3) is 0 Å². The molecule has 0 aliphatic carbocycles. The highest BCUT2D eigenvalue weighted by Crippen LogP contribution is 2.18. The summed E-state index contributed by atoms with van der Waals surface area (Å²) in [5.74, 6) is -2.01. The van der Waals surface area contributed by atoms with E-state index >= 15 is 0 Å². The Hall–Kier alpha value is -5.09. The van der Waals surface area contributed by atoms with Gasteiger partial charge in [0.15, 0.2) is 6.10 Å². The molecule has 0 saturated heterocycles. The molecule has 0 fully saturated rings. The summed E-state index contributed by atoms with van der Waals surface area (Å²) in [4.78, 5) is 37.7. The number of carboxylic acids is 1. The fourth-order valence-corrected chi connectivity index (χ4v) is 10.8. The summed E-state index contributed by atoms with van der Waals surface area (Å²) in [6.07, 6.45) is 111. The van der Waals surface area contributed by atoms with Gasteiger partial charge in [0.2, 0.25) is 0 Å². The molecule has 0 saturated carbocycles. The van der Waals surface area contributed by atoms with Crippen LogP contribution in [0.2, 0.25) is 0 Å². The fraction of sp³-hybridized carbons (Fsp3) is 0.670. The number of nitrogens with zero attached hydrogens (tertiary/aromatic N) is 1. The van der Waals surface area contributed by atoms with Crippen LogP contribution in [0.4, 0.5) is 0 Å². The highest BCUT2D eigenvalue weighted by Gasteiger charge is 2.25. The number of likely N-dealkylation sites (N-methyl/N-ethyl adjacent to an activating group) is 1. The third-order valence-corrected chi connectivity index (χ3v) is 16.8. The van der Waals surface area contributed by atoms with Crippen LogP contribution in [0.3, 0.4) is 0 Å². The molecule has 0 aliphatic heterocycles. The number of quaternary nitrogens is 1. The third kappa shape index (κ3) is 78.1. The standard InChI is InChI=1S/C88H147NO8/c1-6-8-10-12-14-16-18-20-22-24-26-28-30-32-34-36-38-40-42-43-45-47-49-51-53-55-57-59-61-63-65-67-69-71-73-75-77-79-86(91)97-84(83-96-88(87(92)93)94-81-80-89(3,4)5)82-95-85(90)78-76-74-72-70-68-66-64-62-60-58-56-54-52-50-48-46-44-41-39-37-35-33-31-29-27-25-23-21-19-17-15-13-11-9-7-2/h8-11,14-17,20-23,26-29,32,34,38,40,43,45,49,51,55,57,84,88H,6-7,12-13,18-19,24-25,30-31,33,35-37,39,41-42,44,46-48,50,52-54,56,58-83H2,1-5H3/p+1/b10-8-,11-9-,16-14-,17-15-,22-20-,23-21-,28-26-,29-27-,34-32-,40-38-,45-43-,51-49-,57-55-. The summed E-state index contributed by atoms with van der Waals surface area (Å²) in [6, 6.07) is 0. The van der Waals surface area contributed by atoms with Crippen molar-refractivity contribution in [1.29, 1.82) is 0 Å². The first-order valence-electron chi connectivity index (χ1n) is 39.6. The first-order valence-corrected chi connectivity index (χ1v) is 39.6. The lowest BCUT2D eigenvalue weighted by molar-refractivity contribution is -0.870. The van der Waals surface area contributed by atoms with Crippen LogP contribution < -0.4 is 0 Å². The number of rotatable bonds is 72. The number of esters is 2. The van der Waals surface area contributed by atoms with Crippen molar-refractivity contribution in [3.8, 4) is 0 Å². The SMILES string of the molecule is CC/C=C\C/C=C\C/C=C\C/C=C\C/C=C\C/C=C\C/C=C\C/C=C\C/C=C\CCCCCCCCCCCC(=O)OC(COC(=O)CCCCCCCCCCCCCCCCCCCCCCCC/C=C\C/C=C\C/C=C\C/C=C\CC)COC(OCC[N+](C)(C)C)C(=O)O. The summed E-state index contributed by atoms with van der Waals surface area (Å²) < 4.78 is 23.0. The number of hydrogen-bond donors (Lipinski definition) is 1. The average molecular weight is 1350 g/mol. The van der Waals surface area contributed by atoms with E-state index in [4.69, 9.17) is 18.9 Å². The highest BCUT2D eigenvalue weighted by atomic mass is 16.7. The zero-order valence-electron chi connectivity index (χ0n) is 63.2. The summed E-state index contributed by atoms with van der Waals surface area (Å²) >= 11 is 0. The van der Waals surface area contributed by atoms with Crippen LogP contribution in [-0.2, 0) is 33.3 Å². The van der Waals surface area contributed by atoms with Gasteiger partial charge < -0.3 is 28.5 Å². The monoisotopic (exact) mass is 1350 g/mol. The average Bonchev–Trinajstić information content (AvgIpc) is 3.11. The third-order valence-electron chi connectivity index (χ3n) is 16.8. The van der Waals surface area contributed by atoms with Crippen molar-refractivity contribution in [2.75, 3.05) is 47.5 Å². The zero-order valence-corrected chi connectivity index (χ0v) is 63.2. The molecule has 1 N–H and O–H groups in total. The van der Waals surface area contributed by atoms with Crippen LogP contribution in [-0.4, -0.2) is 87.4 Å². The van der Waals surface area contributed by atoms with Crippen molar-refractivity contribution in [3.05, 3.63) is 158 Å². The Kier molecular flexibility index (Phi) is 72.6. The van der Waals surface area contributed by atoms with Gasteiger partial charge in [0, 0.05) is 12.8 Å². The molecular weight excluding hydrogens is 1200 g/mol. The topological polar surface area (TPSA) is 108 Å². The number of allylic oxidation sites excluding steroid dienone is 26. The molecule has 0 bridgehead atoms. The number of unbranched alkanes of at least 4 members (excludes halogenated alkanes) is 31. The summed E-state index contributed by atoms with van der Waals surface area (Å²) in [7, 11) is 5.98. The first kappa shape index (κ1) is 91.9. The van der Waals surface area contributed by atoms with E-state index in [1.165, 1.54) is 161 Å². The van der Waals surface area contributed by atoms with Crippen molar-refractivity contribution < 1.29 is 42.9 Å². The van der Waals surface area contributed by atoms with Crippen LogP contribution in [0.5, 0.6) is 0 Å². The second-order valence-corrected chi connectivity index (χ2v) is 27.3. The Balaban J connectivity index is 4.08. The van der Waals surface area contributed by atoms with Gasteiger partial charge in [-0.1, -0.05) is 345 Å². The molecule has 9 heteroatoms. The molecule has 9 nitrogen and oxygen atoms in total. The number of carboxylic acid groups (broad SMARTS) is 1. The second-order valence-electron chi connectivity index (χ2n) is 27.3. The van der Waals surface area contributed by atoms with Crippen LogP contribution in [0.15, 0.2) is 158 Å². The quantitative estimate of drug-likeness (QED) is 0.0211. The minimum absolute atomic E-state index is 0.181. The molecule has 0 radical (unpaired) electrons. The lowest BCUT2D eigenvalue weighted by Gasteiger charge is -2.25. The number of carbonyl (C=O) groups excluding carboxylic acids is 2. The zero-order chi connectivity index (χ0) is 70.4. The van der Waals surface area contributed by atoms with Gasteiger partial charge in [-0.05, 0) is 122 Å². The van der Waals surface area contributed by atoms with E-state index in [0.717, 1.165) is 128 Å². The van der Waals surface area contributed by atoms with E-state index in [9.17, 15) is 19.5 Å². The van der Waals surface area contributed by atoms with Crippen molar-refractivity contribution in [2.24, 2.45) is 0 Å². The number of hydrogen-bond acceptors (Lipinski definition) is 7. The van der Waals surface area contributed by atoms with Crippen molar-refractivity contribution in [2.45, 2.75) is 334 Å². The molecule has 0 aromatic rings. The Bertz CT molecular complexity index is 2160. The summed E-state index contributed by atoms with van der Waals surface area (Å²) in [5, 5.41) is 9.78. The Morgan fingerprint density at radius 1 is 0.309 bits per heavy atom. The van der Waals surface area contributed by atoms with E-state index in [0.29, 0.717) is 23.9 Å². The van der Waals surface area contributed by atoms with Gasteiger partial charge in [-0.3, -0.25) is 9.59 Å². The van der Waals surface area contributed by atoms with E-state index in [2.05, 4.69) is 172 Å². The lowest BCUT2D eigenvalue weighted by Crippen LogP contribution is -2.40. The van der Waals surface area contributed by atoms with Crippen LogP contribution >= 0.6 is 0 Å². The molecule has 0 spiro atoms. The Morgan fingerprint density at radius 2 is 0.557 bits per heavy atom. The van der Waals surface area contributed by atoms with Crippen molar-refractivity contribution in [3.63, 3.8) is 0 Å². The van der Waals surface area contributed by atoms with Gasteiger partial charge in [-0.25, -0.2) is 4.79 Å². The molecule has 0 rings (SSSR count). The van der Waals surface area contributed by atoms with Crippen LogP contribution in [0, 0.1) is 0 Å². The second kappa shape index (κ2) is 76.7. The van der Waals surface area contributed by atoms with Gasteiger partial charge in [0.05, 0.1) is 34.4 Å². The maximum atomic E-state index is 13.0. The van der Waals surface area contributed by atoms with Crippen molar-refractivity contribution in [1.82, 2.24) is 0 Å². The molecule has 2 unspecified atom stereocenters. The highest BCUT2D eigenvalue weighted by molar-refractivity contribution is 5.71. The normalized spacial score (nSPS) is 13.5. The van der Waals surface area contributed by atoms with E-state index < -0.39 is 24.3 Å². The van der Waals surface area contributed by atoms with E-state index in [1.807, 2.05) is 21.1 Å². The molecule has 0 aromatic carbocycles. The predicted octanol–water partition coefficient (Wildman–Crippen LogP) is 25.6. The molecule has 0 aliphatic rings. The molecule has 97 heavy (non-hydrogen) atoms. The van der Waals surface area contributed by atoms with Gasteiger partial charge in [0.1, 0.15) is 13.2 Å². The Labute approximate surface area is 597 Å². The van der Waals surface area contributed by atoms with Gasteiger partial charge >= 0.3 is 17.9 Å². The Morgan fingerprint density at radius 3 is 0.825 bits per heavy atom. The minimum Gasteiger partial charge on any atom is -0.477 e.